The van der Waals surface area contributed by atoms with Crippen molar-refractivity contribution in [3.63, 3.8) is 0 Å². The Bertz CT molecular complexity index is 495. The van der Waals surface area contributed by atoms with Crippen LogP contribution in [0.4, 0.5) is 0 Å². The quantitative estimate of drug-likeness (QED) is 0.875. The Hall–Kier alpha value is -1.36. The highest BCUT2D eigenvalue weighted by Gasteiger charge is 2.45. The maximum Gasteiger partial charge on any atom is 0.307 e. The van der Waals surface area contributed by atoms with Crippen LogP contribution in [0.3, 0.4) is 0 Å². The summed E-state index contributed by atoms with van der Waals surface area (Å²) >= 11 is 0. The van der Waals surface area contributed by atoms with E-state index in [1.807, 2.05) is 10.9 Å². The summed E-state index contributed by atoms with van der Waals surface area (Å²) in [4.78, 5) is 11.4. The van der Waals surface area contributed by atoms with Crippen molar-refractivity contribution in [2.45, 2.75) is 59.7 Å². The highest BCUT2D eigenvalue weighted by Crippen LogP contribution is 2.45. The Morgan fingerprint density at radius 2 is 2.24 bits per heavy atom. The minimum atomic E-state index is -0.658. The minimum Gasteiger partial charge on any atom is -0.481 e. The van der Waals surface area contributed by atoms with Gasteiger partial charge in [0.15, 0.2) is 0 Å². The lowest BCUT2D eigenvalue weighted by Gasteiger charge is -2.46. The first-order valence-corrected chi connectivity index (χ1v) is 7.83. The van der Waals surface area contributed by atoms with Gasteiger partial charge in [0.2, 0.25) is 0 Å². The molecule has 0 saturated heterocycles. The first-order valence-electron chi connectivity index (χ1n) is 7.83. The van der Waals surface area contributed by atoms with Gasteiger partial charge in [-0.25, -0.2) is 0 Å². The summed E-state index contributed by atoms with van der Waals surface area (Å²) in [6.45, 7) is 10.1. The van der Waals surface area contributed by atoms with Crippen molar-refractivity contribution in [1.82, 2.24) is 15.1 Å². The van der Waals surface area contributed by atoms with Gasteiger partial charge in [-0.2, -0.15) is 5.10 Å². The predicted molar refractivity (Wildman–Crippen MR) is 81.8 cm³/mol. The Balaban J connectivity index is 1.97. The molecule has 5 heteroatoms. The summed E-state index contributed by atoms with van der Waals surface area (Å²) < 4.78 is 1.92. The molecule has 0 radical (unpaired) electrons. The van der Waals surface area contributed by atoms with Crippen LogP contribution in [-0.2, 0) is 17.9 Å². The number of carbonyl (C=O) groups is 1. The van der Waals surface area contributed by atoms with Gasteiger partial charge in [-0.3, -0.25) is 9.48 Å². The third kappa shape index (κ3) is 3.28. The van der Waals surface area contributed by atoms with Crippen LogP contribution in [0.15, 0.2) is 12.4 Å². The van der Waals surface area contributed by atoms with Gasteiger partial charge in [0, 0.05) is 30.9 Å². The number of carboxylic acid groups (broad SMARTS) is 1. The average molecular weight is 293 g/mol. The molecule has 2 N–H and O–H groups in total. The van der Waals surface area contributed by atoms with E-state index in [-0.39, 0.29) is 11.3 Å². The fraction of sp³-hybridized carbons (Fsp3) is 0.750. The summed E-state index contributed by atoms with van der Waals surface area (Å²) in [6, 6.07) is 0.362. The van der Waals surface area contributed by atoms with Gasteiger partial charge in [0.05, 0.1) is 12.1 Å². The lowest BCUT2D eigenvalue weighted by atomic mass is 9.61. The van der Waals surface area contributed by atoms with E-state index in [1.165, 1.54) is 5.56 Å². The number of nitrogens with zero attached hydrogens (tertiary/aromatic N) is 2. The normalized spacial score (nSPS) is 28.5. The van der Waals surface area contributed by atoms with Crippen LogP contribution in [-0.4, -0.2) is 26.9 Å². The first-order chi connectivity index (χ1) is 9.86. The van der Waals surface area contributed by atoms with E-state index in [9.17, 15) is 9.90 Å². The van der Waals surface area contributed by atoms with Gasteiger partial charge in [0.25, 0.3) is 0 Å². The smallest absolute Gasteiger partial charge is 0.307 e. The number of carboxylic acids is 1. The zero-order valence-corrected chi connectivity index (χ0v) is 13.5. The number of hydrogen-bond acceptors (Lipinski definition) is 3. The first kappa shape index (κ1) is 16.0. The monoisotopic (exact) mass is 293 g/mol. The molecule has 1 aliphatic carbocycles. The van der Waals surface area contributed by atoms with E-state index in [0.717, 1.165) is 25.9 Å². The molecule has 2 rings (SSSR count). The summed E-state index contributed by atoms with van der Waals surface area (Å²) in [5, 5.41) is 17.3. The second-order valence-corrected chi connectivity index (χ2v) is 6.77. The van der Waals surface area contributed by atoms with Gasteiger partial charge in [-0.1, -0.05) is 20.8 Å². The van der Waals surface area contributed by atoms with Crippen LogP contribution in [0.5, 0.6) is 0 Å². The molecule has 0 spiro atoms. The van der Waals surface area contributed by atoms with Crippen molar-refractivity contribution in [3.8, 4) is 0 Å². The van der Waals surface area contributed by atoms with E-state index in [2.05, 4.69) is 44.3 Å². The summed E-state index contributed by atoms with van der Waals surface area (Å²) in [5.41, 5.74) is 0.997. The lowest BCUT2D eigenvalue weighted by molar-refractivity contribution is -0.150. The Morgan fingerprint density at radius 3 is 2.81 bits per heavy atom. The van der Waals surface area contributed by atoms with Gasteiger partial charge in [-0.15, -0.1) is 0 Å². The van der Waals surface area contributed by atoms with Crippen molar-refractivity contribution in [3.05, 3.63) is 18.0 Å². The molecule has 1 saturated carbocycles. The zero-order valence-electron chi connectivity index (χ0n) is 13.5. The second-order valence-electron chi connectivity index (χ2n) is 6.77. The van der Waals surface area contributed by atoms with E-state index in [0.29, 0.717) is 12.0 Å². The highest BCUT2D eigenvalue weighted by atomic mass is 16.4. The third-order valence-corrected chi connectivity index (χ3v) is 5.32. The molecular weight excluding hydrogens is 266 g/mol. The minimum absolute atomic E-state index is 0.185. The number of aromatic nitrogens is 2. The Morgan fingerprint density at radius 1 is 1.52 bits per heavy atom. The van der Waals surface area contributed by atoms with Crippen LogP contribution < -0.4 is 5.32 Å². The molecule has 0 aliphatic heterocycles. The number of aryl methyl sites for hydroxylation is 1. The summed E-state index contributed by atoms with van der Waals surface area (Å²) in [6.07, 6.45) is 5.63. The second kappa shape index (κ2) is 6.18. The van der Waals surface area contributed by atoms with Gasteiger partial charge in [-0.05, 0) is 31.1 Å². The molecule has 21 heavy (non-hydrogen) atoms. The fourth-order valence-corrected chi connectivity index (χ4v) is 3.44. The SMILES string of the molecule is CCn1cc(CNC2CCC(C(=O)O)C(C)(C)C2C)cn1. The third-order valence-electron chi connectivity index (χ3n) is 5.32. The number of nitrogens with one attached hydrogen (secondary N) is 1. The molecule has 3 atom stereocenters. The van der Waals surface area contributed by atoms with E-state index < -0.39 is 5.97 Å². The molecule has 0 bridgehead atoms. The van der Waals surface area contributed by atoms with Crippen molar-refractivity contribution >= 4 is 5.97 Å². The van der Waals surface area contributed by atoms with Crippen LogP contribution in [0.25, 0.3) is 0 Å². The maximum atomic E-state index is 11.4. The van der Waals surface area contributed by atoms with Crippen molar-refractivity contribution in [2.75, 3.05) is 0 Å². The zero-order chi connectivity index (χ0) is 15.6. The van der Waals surface area contributed by atoms with Gasteiger partial charge < -0.3 is 10.4 Å². The average Bonchev–Trinajstić information content (AvgIpc) is 2.88. The van der Waals surface area contributed by atoms with Crippen LogP contribution >= 0.6 is 0 Å². The summed E-state index contributed by atoms with van der Waals surface area (Å²) in [7, 11) is 0. The van der Waals surface area contributed by atoms with Gasteiger partial charge in [0.1, 0.15) is 0 Å². The molecule has 1 heterocycles. The number of hydrogen-bond donors (Lipinski definition) is 2. The summed E-state index contributed by atoms with van der Waals surface area (Å²) in [5.74, 6) is -0.573. The number of aliphatic carboxylic acids is 1. The van der Waals surface area contributed by atoms with Gasteiger partial charge >= 0.3 is 5.97 Å². The molecule has 5 nitrogen and oxygen atoms in total. The topological polar surface area (TPSA) is 67.2 Å². The molecule has 118 valence electrons. The molecule has 1 aromatic rings. The standard InChI is InChI=1S/C16H27N3O2/c1-5-19-10-12(9-18-19)8-17-14-7-6-13(15(20)21)16(3,4)11(14)2/h9-11,13-14,17H,5-8H2,1-4H3,(H,20,21). The van der Waals surface area contributed by atoms with E-state index >= 15 is 0 Å². The fourth-order valence-electron chi connectivity index (χ4n) is 3.44. The van der Waals surface area contributed by atoms with Crippen molar-refractivity contribution < 1.29 is 9.90 Å². The molecule has 1 aromatic heterocycles. The maximum absolute atomic E-state index is 11.4. The lowest BCUT2D eigenvalue weighted by Crippen LogP contribution is -2.50. The molecule has 0 amide bonds. The molecule has 1 aliphatic rings. The molecule has 3 unspecified atom stereocenters. The Labute approximate surface area is 126 Å². The van der Waals surface area contributed by atoms with Crippen molar-refractivity contribution in [1.29, 1.82) is 0 Å². The molecular formula is C16H27N3O2. The van der Waals surface area contributed by atoms with E-state index in [1.54, 1.807) is 0 Å². The Kier molecular flexibility index (Phi) is 4.71. The highest BCUT2D eigenvalue weighted by molar-refractivity contribution is 5.71. The van der Waals surface area contributed by atoms with Crippen LogP contribution in [0.1, 0.15) is 46.1 Å². The largest absolute Gasteiger partial charge is 0.481 e. The van der Waals surface area contributed by atoms with Crippen LogP contribution in [0, 0.1) is 17.3 Å². The number of rotatable bonds is 5. The molecule has 1 fully saturated rings. The van der Waals surface area contributed by atoms with Crippen molar-refractivity contribution in [2.24, 2.45) is 17.3 Å². The van der Waals surface area contributed by atoms with E-state index in [4.69, 9.17) is 0 Å². The predicted octanol–water partition coefficient (Wildman–Crippen LogP) is 2.52. The van der Waals surface area contributed by atoms with Crippen LogP contribution in [0.2, 0.25) is 0 Å². The molecule has 0 aromatic carbocycles.